The molecule has 0 amide bonds. The topological polar surface area (TPSA) is 106 Å². The quantitative estimate of drug-likeness (QED) is 0.355. The summed E-state index contributed by atoms with van der Waals surface area (Å²) in [5, 5.41) is 18.2. The molecule has 0 unspecified atom stereocenters. The van der Waals surface area contributed by atoms with Gasteiger partial charge in [-0.15, -0.1) is 0 Å². The monoisotopic (exact) mass is 392 g/mol. The van der Waals surface area contributed by atoms with Crippen molar-refractivity contribution in [3.8, 4) is 0 Å². The van der Waals surface area contributed by atoms with Crippen LogP contribution >= 0.6 is 11.3 Å². The van der Waals surface area contributed by atoms with Gasteiger partial charge in [-0.3, -0.25) is 10.1 Å². The predicted octanol–water partition coefficient (Wildman–Crippen LogP) is 4.39. The third-order valence-electron chi connectivity index (χ3n) is 4.07. The fraction of sp³-hybridized carbons (Fsp3) is 0.105. The summed E-state index contributed by atoms with van der Waals surface area (Å²) in [4.78, 5) is 23.7. The van der Waals surface area contributed by atoms with Gasteiger partial charge in [-0.2, -0.15) is 0 Å². The Morgan fingerprint density at radius 1 is 1.00 bits per heavy atom. The Morgan fingerprint density at radius 2 is 1.75 bits per heavy atom. The molecule has 2 heterocycles. The number of hydrogen-bond acceptors (Lipinski definition) is 8. The van der Waals surface area contributed by atoms with Gasteiger partial charge in [0, 0.05) is 6.54 Å². The van der Waals surface area contributed by atoms with Crippen molar-refractivity contribution in [2.45, 2.75) is 6.42 Å². The third kappa shape index (κ3) is 3.89. The fourth-order valence-corrected chi connectivity index (χ4v) is 3.63. The van der Waals surface area contributed by atoms with Crippen LogP contribution in [0.3, 0.4) is 0 Å². The zero-order valence-corrected chi connectivity index (χ0v) is 15.5. The Hall–Kier alpha value is -3.59. The van der Waals surface area contributed by atoms with E-state index in [9.17, 15) is 10.1 Å². The molecule has 0 saturated carbocycles. The lowest BCUT2D eigenvalue weighted by Gasteiger charge is -2.09. The first-order chi connectivity index (χ1) is 13.7. The Bertz CT molecular complexity index is 1080. The molecule has 0 fully saturated rings. The van der Waals surface area contributed by atoms with Crippen molar-refractivity contribution in [1.29, 1.82) is 0 Å². The van der Waals surface area contributed by atoms with Gasteiger partial charge in [0.2, 0.25) is 11.6 Å². The predicted molar refractivity (Wildman–Crippen MR) is 110 cm³/mol. The number of nitro groups is 1. The molecule has 0 bridgehead atoms. The van der Waals surface area contributed by atoms with Crippen LogP contribution in [0.25, 0.3) is 10.2 Å². The number of benzene rings is 2. The first kappa shape index (κ1) is 17.8. The normalized spacial score (nSPS) is 10.7. The minimum Gasteiger partial charge on any atom is -0.364 e. The molecule has 0 spiro atoms. The van der Waals surface area contributed by atoms with E-state index in [0.717, 1.165) is 22.2 Å². The lowest BCUT2D eigenvalue weighted by Crippen LogP contribution is -2.10. The standard InChI is InChI=1S/C19H16N6O2S/c26-25(27)16-17(20-11-10-13-6-2-1-3-7-13)21-12-22-18(16)24-19-23-14-8-4-5-9-15(14)28-19/h1-9,12H,10-11H2,(H2,20,21,22,23,24). The number of nitrogens with zero attached hydrogens (tertiary/aromatic N) is 4. The molecule has 140 valence electrons. The molecule has 0 saturated heterocycles. The number of rotatable bonds is 7. The molecular weight excluding hydrogens is 376 g/mol. The molecule has 0 aliphatic rings. The Kier molecular flexibility index (Phi) is 5.07. The van der Waals surface area contributed by atoms with E-state index in [0.29, 0.717) is 11.7 Å². The molecule has 9 heteroatoms. The summed E-state index contributed by atoms with van der Waals surface area (Å²) in [6, 6.07) is 17.6. The highest BCUT2D eigenvalue weighted by Gasteiger charge is 2.23. The smallest absolute Gasteiger partial charge is 0.353 e. The van der Waals surface area contributed by atoms with Crippen LogP contribution in [0.2, 0.25) is 0 Å². The van der Waals surface area contributed by atoms with Crippen molar-refractivity contribution in [1.82, 2.24) is 15.0 Å². The molecule has 2 N–H and O–H groups in total. The highest BCUT2D eigenvalue weighted by molar-refractivity contribution is 7.22. The van der Waals surface area contributed by atoms with E-state index in [4.69, 9.17) is 0 Å². The number of aromatic nitrogens is 3. The molecule has 4 rings (SSSR count). The van der Waals surface area contributed by atoms with Crippen molar-refractivity contribution in [3.05, 3.63) is 76.6 Å². The number of hydrogen-bond donors (Lipinski definition) is 2. The van der Waals surface area contributed by atoms with Crippen molar-refractivity contribution >= 4 is 44.0 Å². The fourth-order valence-electron chi connectivity index (χ4n) is 2.77. The number of thiazole rings is 1. The lowest BCUT2D eigenvalue weighted by atomic mass is 10.1. The SMILES string of the molecule is O=[N+]([O-])c1c(NCCc2ccccc2)ncnc1Nc1nc2ccccc2s1. The van der Waals surface area contributed by atoms with Gasteiger partial charge in [-0.05, 0) is 24.1 Å². The van der Waals surface area contributed by atoms with Gasteiger partial charge in [0.05, 0.1) is 15.1 Å². The van der Waals surface area contributed by atoms with Crippen LogP contribution in [-0.2, 0) is 6.42 Å². The van der Waals surface area contributed by atoms with E-state index in [-0.39, 0.29) is 17.3 Å². The van der Waals surface area contributed by atoms with E-state index in [1.807, 2.05) is 54.6 Å². The summed E-state index contributed by atoms with van der Waals surface area (Å²) in [6.07, 6.45) is 2.02. The molecule has 0 aliphatic carbocycles. The minimum absolute atomic E-state index is 0.112. The van der Waals surface area contributed by atoms with E-state index >= 15 is 0 Å². The summed E-state index contributed by atoms with van der Waals surface area (Å²) >= 11 is 1.41. The van der Waals surface area contributed by atoms with Crippen LogP contribution in [0.4, 0.5) is 22.5 Å². The highest BCUT2D eigenvalue weighted by Crippen LogP contribution is 2.33. The second-order valence-corrected chi connectivity index (χ2v) is 6.98. The van der Waals surface area contributed by atoms with E-state index in [2.05, 4.69) is 25.6 Å². The van der Waals surface area contributed by atoms with Gasteiger partial charge in [0.15, 0.2) is 5.13 Å². The van der Waals surface area contributed by atoms with Crippen LogP contribution in [0.5, 0.6) is 0 Å². The van der Waals surface area contributed by atoms with Crippen LogP contribution in [0.15, 0.2) is 60.9 Å². The zero-order chi connectivity index (χ0) is 19.3. The molecule has 28 heavy (non-hydrogen) atoms. The maximum atomic E-state index is 11.7. The summed E-state index contributed by atoms with van der Waals surface area (Å²) in [5.41, 5.74) is 1.77. The van der Waals surface area contributed by atoms with Crippen molar-refractivity contribution in [2.24, 2.45) is 0 Å². The number of anilines is 3. The van der Waals surface area contributed by atoms with E-state index in [1.165, 1.54) is 17.7 Å². The van der Waals surface area contributed by atoms with E-state index in [1.54, 1.807) is 0 Å². The Balaban J connectivity index is 1.55. The van der Waals surface area contributed by atoms with Gasteiger partial charge < -0.3 is 10.6 Å². The first-order valence-electron chi connectivity index (χ1n) is 8.60. The highest BCUT2D eigenvalue weighted by atomic mass is 32.1. The molecule has 4 aromatic rings. The molecule has 0 radical (unpaired) electrons. The molecule has 8 nitrogen and oxygen atoms in total. The number of fused-ring (bicyclic) bond motifs is 1. The largest absolute Gasteiger partial charge is 0.364 e. The van der Waals surface area contributed by atoms with Crippen molar-refractivity contribution in [2.75, 3.05) is 17.2 Å². The molecule has 2 aromatic heterocycles. The molecule has 2 aromatic carbocycles. The second-order valence-electron chi connectivity index (χ2n) is 5.95. The van der Waals surface area contributed by atoms with Crippen LogP contribution < -0.4 is 10.6 Å². The van der Waals surface area contributed by atoms with Crippen LogP contribution in [-0.4, -0.2) is 26.4 Å². The van der Waals surface area contributed by atoms with Crippen LogP contribution in [0, 0.1) is 10.1 Å². The van der Waals surface area contributed by atoms with E-state index < -0.39 is 4.92 Å². The molecule has 0 aliphatic heterocycles. The summed E-state index contributed by atoms with van der Waals surface area (Å²) < 4.78 is 0.989. The summed E-state index contributed by atoms with van der Waals surface area (Å²) in [6.45, 7) is 0.516. The third-order valence-corrected chi connectivity index (χ3v) is 5.02. The summed E-state index contributed by atoms with van der Waals surface area (Å²) in [7, 11) is 0. The first-order valence-corrected chi connectivity index (χ1v) is 9.42. The van der Waals surface area contributed by atoms with Gasteiger partial charge in [0.25, 0.3) is 0 Å². The minimum atomic E-state index is -0.486. The zero-order valence-electron chi connectivity index (χ0n) is 14.7. The van der Waals surface area contributed by atoms with Crippen molar-refractivity contribution < 1.29 is 4.92 Å². The van der Waals surface area contributed by atoms with Gasteiger partial charge >= 0.3 is 5.69 Å². The number of para-hydroxylation sites is 1. The average molecular weight is 392 g/mol. The number of nitrogens with one attached hydrogen (secondary N) is 2. The van der Waals surface area contributed by atoms with Gasteiger partial charge in [-0.25, -0.2) is 15.0 Å². The van der Waals surface area contributed by atoms with Gasteiger partial charge in [-0.1, -0.05) is 53.8 Å². The second kappa shape index (κ2) is 7.97. The Labute approximate surface area is 164 Å². The maximum Gasteiger partial charge on any atom is 0.353 e. The van der Waals surface area contributed by atoms with Gasteiger partial charge in [0.1, 0.15) is 6.33 Å². The van der Waals surface area contributed by atoms with Crippen LogP contribution in [0.1, 0.15) is 5.56 Å². The molecule has 0 atom stereocenters. The maximum absolute atomic E-state index is 11.7. The lowest BCUT2D eigenvalue weighted by molar-refractivity contribution is -0.383. The summed E-state index contributed by atoms with van der Waals surface area (Å²) in [5.74, 6) is 0.292. The Morgan fingerprint density at radius 3 is 2.54 bits per heavy atom. The van der Waals surface area contributed by atoms with Crippen molar-refractivity contribution in [3.63, 3.8) is 0 Å². The average Bonchev–Trinajstić information content (AvgIpc) is 3.11. The molecular formula is C19H16N6O2S.